The smallest absolute Gasteiger partial charge is 0.407 e. The number of hydrogen-bond donors (Lipinski definition) is 5. The first-order valence-electron chi connectivity index (χ1n) is 15.1. The van der Waals surface area contributed by atoms with Gasteiger partial charge in [-0.25, -0.2) is 19.9 Å². The van der Waals surface area contributed by atoms with Crippen LogP contribution >= 0.6 is 23.5 Å². The number of nitrogens with one attached hydrogen (secondary N) is 4. The Morgan fingerprint density at radius 3 is 2.72 bits per heavy atom. The molecule has 0 radical (unpaired) electrons. The van der Waals surface area contributed by atoms with Gasteiger partial charge in [-0.1, -0.05) is 35.1 Å². The minimum Gasteiger partial charge on any atom is -0.481 e. The fourth-order valence-corrected chi connectivity index (χ4v) is 7.94. The van der Waals surface area contributed by atoms with Gasteiger partial charge in [0.15, 0.2) is 11.6 Å². The molecule has 0 aliphatic carbocycles. The van der Waals surface area contributed by atoms with Crippen molar-refractivity contribution in [1.29, 1.82) is 0 Å². The molecule has 19 nitrogen and oxygen atoms in total. The van der Waals surface area contributed by atoms with E-state index in [0.717, 1.165) is 11.8 Å². The average molecular weight is 728 g/mol. The van der Waals surface area contributed by atoms with Crippen LogP contribution in [0.15, 0.2) is 52.9 Å². The van der Waals surface area contributed by atoms with Crippen LogP contribution in [0.4, 0.5) is 10.6 Å². The maximum Gasteiger partial charge on any atom is 0.407 e. The molecular formula is C29H33N11O8S2. The van der Waals surface area contributed by atoms with Crippen LogP contribution in [-0.4, -0.2) is 118 Å². The summed E-state index contributed by atoms with van der Waals surface area (Å²) in [6, 6.07) is 8.78. The standard InChI is InChI=1S/C29H33N11O8S2/c1-28(2,3)47-27(46)31-11-9-17(50-26-35-38-39-36-26)29(25(44)45)13-40-23(43)20(24(40)49-14-29)34-22(42)19(37-48-16-7-5-4-6-8-16)21-30-12-10-18(33-21)32-15-41/h4-8,10,12,15,17,20,24H,9,11,13-14H2,1-3H3,(H,31,46)(H,34,42)(H,44,45)(H,30,32,33,41)(H,35,36,38,39)/t17?,20?,24-,29?/m1/s1. The molecule has 3 aromatic rings. The van der Waals surface area contributed by atoms with E-state index in [1.165, 1.54) is 28.9 Å². The molecule has 3 unspecified atom stereocenters. The molecule has 2 aromatic heterocycles. The summed E-state index contributed by atoms with van der Waals surface area (Å²) < 4.78 is 5.30. The van der Waals surface area contributed by atoms with E-state index in [4.69, 9.17) is 9.57 Å². The number of carbonyl (C=O) groups is 5. The third-order valence-electron chi connectivity index (χ3n) is 7.36. The predicted molar refractivity (Wildman–Crippen MR) is 178 cm³/mol. The van der Waals surface area contributed by atoms with Gasteiger partial charge in [0.05, 0.1) is 0 Å². The zero-order valence-electron chi connectivity index (χ0n) is 26.9. The van der Waals surface area contributed by atoms with E-state index in [-0.39, 0.29) is 47.8 Å². The number of benzene rings is 1. The number of β-lactam (4-membered cyclic amide) rings is 1. The summed E-state index contributed by atoms with van der Waals surface area (Å²) in [5.41, 5.74) is -2.59. The Morgan fingerprint density at radius 2 is 2.04 bits per heavy atom. The quantitative estimate of drug-likeness (QED) is 0.0508. The largest absolute Gasteiger partial charge is 0.481 e. The third kappa shape index (κ3) is 8.45. The van der Waals surface area contributed by atoms with E-state index in [2.05, 4.69) is 51.7 Å². The highest BCUT2D eigenvalue weighted by Crippen LogP contribution is 2.48. The molecule has 2 fully saturated rings. The lowest BCUT2D eigenvalue weighted by Gasteiger charge is -2.55. The molecule has 4 amide bonds. The van der Waals surface area contributed by atoms with Gasteiger partial charge in [-0.15, -0.1) is 16.9 Å². The lowest BCUT2D eigenvalue weighted by atomic mass is 9.82. The number of carbonyl (C=O) groups excluding carboxylic acids is 4. The van der Waals surface area contributed by atoms with Crippen LogP contribution < -0.4 is 20.8 Å². The van der Waals surface area contributed by atoms with E-state index >= 15 is 0 Å². The molecule has 264 valence electrons. The molecule has 2 saturated heterocycles. The van der Waals surface area contributed by atoms with Crippen molar-refractivity contribution >= 4 is 65.3 Å². The lowest BCUT2D eigenvalue weighted by Crippen LogP contribution is -2.75. The number of carboxylic acid groups (broad SMARTS) is 1. The molecule has 2 aliphatic heterocycles. The SMILES string of the molecule is CC(C)(C)OC(=O)NCCC(Sc1nnn[nH]1)C1(C(=O)O)CS[C@@H]2C(NC(=O)C(=NOc3ccccc3)c3nccc(NC=O)n3)C(=O)N2C1. The first kappa shape index (κ1) is 36.0. The van der Waals surface area contributed by atoms with Gasteiger partial charge in [-0.3, -0.25) is 19.2 Å². The zero-order chi connectivity index (χ0) is 35.9. The molecule has 0 bridgehead atoms. The Bertz CT molecular complexity index is 1740. The maximum absolute atomic E-state index is 13.6. The Kier molecular flexibility index (Phi) is 11.1. The predicted octanol–water partition coefficient (Wildman–Crippen LogP) is 0.888. The molecule has 21 heteroatoms. The van der Waals surface area contributed by atoms with Gasteiger partial charge >= 0.3 is 12.1 Å². The zero-order valence-corrected chi connectivity index (χ0v) is 28.6. The number of oxime groups is 1. The average Bonchev–Trinajstić information content (AvgIpc) is 3.60. The first-order valence-corrected chi connectivity index (χ1v) is 17.0. The Balaban J connectivity index is 1.32. The molecule has 4 heterocycles. The van der Waals surface area contributed by atoms with Crippen LogP contribution in [0.1, 0.15) is 33.0 Å². The topological polar surface area (TPSA) is 256 Å². The summed E-state index contributed by atoms with van der Waals surface area (Å²) in [5, 5.41) is 34.9. The minimum absolute atomic E-state index is 0.0510. The van der Waals surface area contributed by atoms with Crippen molar-refractivity contribution < 1.29 is 38.7 Å². The molecule has 0 spiro atoms. The summed E-state index contributed by atoms with van der Waals surface area (Å²) in [6.45, 7) is 5.06. The van der Waals surface area contributed by atoms with E-state index in [1.807, 2.05) is 0 Å². The maximum atomic E-state index is 13.6. The second-order valence-electron chi connectivity index (χ2n) is 12.0. The Labute approximate surface area is 293 Å². The number of carboxylic acids is 1. The second kappa shape index (κ2) is 15.5. The molecule has 4 atom stereocenters. The van der Waals surface area contributed by atoms with Crippen LogP contribution in [0.2, 0.25) is 0 Å². The normalized spacial score (nSPS) is 20.8. The minimum atomic E-state index is -1.49. The second-order valence-corrected chi connectivity index (χ2v) is 14.3. The number of rotatable bonds is 14. The number of ether oxygens (including phenoxy) is 1. The monoisotopic (exact) mass is 727 g/mol. The summed E-state index contributed by atoms with van der Waals surface area (Å²) in [5.74, 6) is -2.23. The highest BCUT2D eigenvalue weighted by Gasteiger charge is 2.60. The summed E-state index contributed by atoms with van der Waals surface area (Å²) in [4.78, 5) is 78.5. The summed E-state index contributed by atoms with van der Waals surface area (Å²) in [7, 11) is 0. The summed E-state index contributed by atoms with van der Waals surface area (Å²) >= 11 is 2.28. The number of nitrogens with zero attached hydrogens (tertiary/aromatic N) is 7. The third-order valence-corrected chi connectivity index (χ3v) is 10.3. The number of hydrogen-bond acceptors (Lipinski definition) is 15. The number of aliphatic carboxylic acids is 1. The molecular weight excluding hydrogens is 695 g/mol. The first-order chi connectivity index (χ1) is 23.9. The number of anilines is 1. The molecule has 5 N–H and O–H groups in total. The number of H-pyrrole nitrogens is 1. The number of para-hydroxylation sites is 1. The van der Waals surface area contributed by atoms with Gasteiger partial charge in [-0.2, -0.15) is 0 Å². The van der Waals surface area contributed by atoms with Gasteiger partial charge in [0.25, 0.3) is 5.91 Å². The van der Waals surface area contributed by atoms with Crippen molar-refractivity contribution in [3.05, 3.63) is 48.4 Å². The van der Waals surface area contributed by atoms with Crippen molar-refractivity contribution in [1.82, 2.24) is 46.1 Å². The number of aromatic nitrogens is 6. The van der Waals surface area contributed by atoms with Crippen molar-refractivity contribution in [2.45, 2.75) is 54.6 Å². The number of fused-ring (bicyclic) bond motifs is 1. The van der Waals surface area contributed by atoms with Gasteiger partial charge in [0.1, 0.15) is 28.2 Å². The van der Waals surface area contributed by atoms with E-state index < -0.39 is 51.6 Å². The number of amides is 4. The van der Waals surface area contributed by atoms with Crippen LogP contribution in [-0.2, 0) is 23.9 Å². The van der Waals surface area contributed by atoms with Crippen molar-refractivity contribution in [3.8, 4) is 5.75 Å². The lowest BCUT2D eigenvalue weighted by molar-refractivity contribution is -0.158. The Morgan fingerprint density at radius 1 is 1.26 bits per heavy atom. The fraction of sp³-hybridized carbons (Fsp3) is 0.414. The van der Waals surface area contributed by atoms with E-state index in [0.29, 0.717) is 12.2 Å². The van der Waals surface area contributed by atoms with E-state index in [9.17, 15) is 29.1 Å². The van der Waals surface area contributed by atoms with Gasteiger partial charge in [-0.05, 0) is 55.8 Å². The number of tetrazole rings is 1. The van der Waals surface area contributed by atoms with E-state index in [1.54, 1.807) is 51.1 Å². The highest BCUT2D eigenvalue weighted by molar-refractivity contribution is 8.01. The highest BCUT2D eigenvalue weighted by atomic mass is 32.2. The molecule has 1 aromatic carbocycles. The fourth-order valence-electron chi connectivity index (χ4n) is 5.05. The number of alkyl carbamates (subject to hydrolysis) is 1. The van der Waals surface area contributed by atoms with Gasteiger partial charge in [0.2, 0.25) is 23.2 Å². The van der Waals surface area contributed by atoms with Gasteiger partial charge in [0, 0.05) is 30.3 Å². The molecule has 0 saturated carbocycles. The molecule has 2 aliphatic rings. The van der Waals surface area contributed by atoms with Crippen molar-refractivity contribution in [3.63, 3.8) is 0 Å². The van der Waals surface area contributed by atoms with Crippen LogP contribution in [0, 0.1) is 5.41 Å². The number of thioether (sulfide) groups is 2. The number of aromatic amines is 1. The van der Waals surface area contributed by atoms with Crippen molar-refractivity contribution in [2.75, 3.05) is 24.2 Å². The summed E-state index contributed by atoms with van der Waals surface area (Å²) in [6.07, 6.45) is 1.23. The van der Waals surface area contributed by atoms with Gasteiger partial charge < -0.3 is 35.5 Å². The van der Waals surface area contributed by atoms with Crippen LogP contribution in [0.5, 0.6) is 5.75 Å². The molecule has 50 heavy (non-hydrogen) atoms. The van der Waals surface area contributed by atoms with Crippen LogP contribution in [0.3, 0.4) is 0 Å². The molecule has 5 rings (SSSR count). The van der Waals surface area contributed by atoms with Crippen LogP contribution in [0.25, 0.3) is 0 Å². The van der Waals surface area contributed by atoms with Crippen molar-refractivity contribution in [2.24, 2.45) is 10.6 Å². The Hall–Kier alpha value is -5.31.